The Kier molecular flexibility index (Phi) is 4.68. The van der Waals surface area contributed by atoms with Gasteiger partial charge in [0.1, 0.15) is 5.75 Å². The molecule has 0 spiro atoms. The number of rotatable bonds is 3. The van der Waals surface area contributed by atoms with E-state index in [1.807, 2.05) is 77.7 Å². The lowest BCUT2D eigenvalue weighted by Crippen LogP contribution is -2.35. The van der Waals surface area contributed by atoms with E-state index in [1.165, 1.54) is 5.56 Å². The van der Waals surface area contributed by atoms with Crippen LogP contribution in [0.5, 0.6) is 5.75 Å². The van der Waals surface area contributed by atoms with Crippen molar-refractivity contribution in [3.8, 4) is 17.0 Å². The van der Waals surface area contributed by atoms with Crippen molar-refractivity contribution in [2.45, 2.75) is 12.8 Å². The van der Waals surface area contributed by atoms with Gasteiger partial charge in [-0.3, -0.25) is 4.79 Å². The highest BCUT2D eigenvalue weighted by Crippen LogP contribution is 2.31. The first-order valence-electron chi connectivity index (χ1n) is 10.2. The fourth-order valence-electron chi connectivity index (χ4n) is 4.15. The maximum atomic E-state index is 13.7. The van der Waals surface area contributed by atoms with Gasteiger partial charge in [-0.15, -0.1) is 0 Å². The Bertz CT molecular complexity index is 1230. The molecule has 3 aromatic carbocycles. The van der Waals surface area contributed by atoms with Gasteiger partial charge in [-0.1, -0.05) is 36.4 Å². The molecule has 0 aliphatic carbocycles. The lowest BCUT2D eigenvalue weighted by molar-refractivity contribution is 0.0986. The molecule has 0 saturated carbocycles. The standard InChI is InChI=1S/C26H22N2O2/c1-30-20-14-12-18(13-15-20)24-17-22(21-9-3-4-10-23(21)27-24)26(29)28-16-6-8-19-7-2-5-11-25(19)28/h2-5,7,9-15,17H,6,8,16H2,1H3. The molecule has 4 nitrogen and oxygen atoms in total. The van der Waals surface area contributed by atoms with Crippen LogP contribution in [0, 0.1) is 0 Å². The first kappa shape index (κ1) is 18.4. The Morgan fingerprint density at radius 1 is 0.967 bits per heavy atom. The van der Waals surface area contributed by atoms with E-state index in [2.05, 4.69) is 6.07 Å². The summed E-state index contributed by atoms with van der Waals surface area (Å²) in [5.41, 5.74) is 5.48. The summed E-state index contributed by atoms with van der Waals surface area (Å²) < 4.78 is 5.27. The maximum absolute atomic E-state index is 13.7. The van der Waals surface area contributed by atoms with Gasteiger partial charge in [-0.05, 0) is 60.9 Å². The fourth-order valence-corrected chi connectivity index (χ4v) is 4.15. The minimum Gasteiger partial charge on any atom is -0.497 e. The number of hydrogen-bond acceptors (Lipinski definition) is 3. The smallest absolute Gasteiger partial charge is 0.259 e. The fraction of sp³-hybridized carbons (Fsp3) is 0.154. The van der Waals surface area contributed by atoms with Crippen molar-refractivity contribution in [2.24, 2.45) is 0 Å². The van der Waals surface area contributed by atoms with Gasteiger partial charge in [0.15, 0.2) is 0 Å². The summed E-state index contributed by atoms with van der Waals surface area (Å²) in [5.74, 6) is 0.816. The average molecular weight is 394 g/mol. The molecule has 0 bridgehead atoms. The normalized spacial score (nSPS) is 13.2. The summed E-state index contributed by atoms with van der Waals surface area (Å²) in [4.78, 5) is 20.5. The number of benzene rings is 3. The molecule has 1 aliphatic rings. The lowest BCUT2D eigenvalue weighted by Gasteiger charge is -2.30. The topological polar surface area (TPSA) is 42.4 Å². The monoisotopic (exact) mass is 394 g/mol. The summed E-state index contributed by atoms with van der Waals surface area (Å²) in [6.45, 7) is 0.727. The summed E-state index contributed by atoms with van der Waals surface area (Å²) in [5, 5.41) is 0.878. The molecule has 1 amide bonds. The Balaban J connectivity index is 1.64. The van der Waals surface area contributed by atoms with Crippen molar-refractivity contribution in [3.63, 3.8) is 0 Å². The number of aryl methyl sites for hydroxylation is 1. The molecule has 0 radical (unpaired) electrons. The second-order valence-corrected chi connectivity index (χ2v) is 7.49. The van der Waals surface area contributed by atoms with Crippen LogP contribution < -0.4 is 9.64 Å². The maximum Gasteiger partial charge on any atom is 0.259 e. The van der Waals surface area contributed by atoms with E-state index < -0.39 is 0 Å². The van der Waals surface area contributed by atoms with Crippen molar-refractivity contribution in [3.05, 3.63) is 90.0 Å². The predicted octanol–water partition coefficient (Wildman–Crippen LogP) is 5.50. The lowest BCUT2D eigenvalue weighted by atomic mass is 9.99. The van der Waals surface area contributed by atoms with Crippen molar-refractivity contribution in [1.29, 1.82) is 0 Å². The van der Waals surface area contributed by atoms with E-state index in [4.69, 9.17) is 9.72 Å². The third-order valence-electron chi connectivity index (χ3n) is 5.69. The molecule has 4 heteroatoms. The summed E-state index contributed by atoms with van der Waals surface area (Å²) in [7, 11) is 1.65. The number of methoxy groups -OCH3 is 1. The van der Waals surface area contributed by atoms with E-state index in [9.17, 15) is 4.79 Å². The Labute approximate surface area is 175 Å². The van der Waals surface area contributed by atoms with Gasteiger partial charge in [0, 0.05) is 23.2 Å². The third-order valence-corrected chi connectivity index (χ3v) is 5.69. The molecule has 148 valence electrons. The highest BCUT2D eigenvalue weighted by atomic mass is 16.5. The molecule has 0 fully saturated rings. The summed E-state index contributed by atoms with van der Waals surface area (Å²) in [6.07, 6.45) is 1.98. The largest absolute Gasteiger partial charge is 0.497 e. The SMILES string of the molecule is COc1ccc(-c2cc(C(=O)N3CCCc4ccccc43)c3ccccc3n2)cc1. The van der Waals surface area contributed by atoms with E-state index >= 15 is 0 Å². The van der Waals surface area contributed by atoms with Crippen LogP contribution >= 0.6 is 0 Å². The number of amides is 1. The predicted molar refractivity (Wildman–Crippen MR) is 120 cm³/mol. The highest BCUT2D eigenvalue weighted by Gasteiger charge is 2.25. The van der Waals surface area contributed by atoms with Gasteiger partial charge in [-0.25, -0.2) is 4.98 Å². The third kappa shape index (κ3) is 3.20. The number of carbonyl (C=O) groups is 1. The van der Waals surface area contributed by atoms with Crippen LogP contribution in [0.25, 0.3) is 22.2 Å². The van der Waals surface area contributed by atoms with Crippen molar-refractivity contribution >= 4 is 22.5 Å². The first-order valence-corrected chi connectivity index (χ1v) is 10.2. The number of pyridine rings is 1. The molecule has 0 N–H and O–H groups in total. The molecule has 4 aromatic rings. The van der Waals surface area contributed by atoms with E-state index in [0.717, 1.165) is 53.0 Å². The zero-order valence-electron chi connectivity index (χ0n) is 16.8. The van der Waals surface area contributed by atoms with E-state index in [0.29, 0.717) is 5.56 Å². The van der Waals surface area contributed by atoms with Crippen LogP contribution in [-0.4, -0.2) is 24.5 Å². The van der Waals surface area contributed by atoms with Crippen LogP contribution in [0.3, 0.4) is 0 Å². The second kappa shape index (κ2) is 7.64. The van der Waals surface area contributed by atoms with Crippen LogP contribution in [0.1, 0.15) is 22.3 Å². The number of anilines is 1. The first-order chi connectivity index (χ1) is 14.7. The van der Waals surface area contributed by atoms with Gasteiger partial charge in [0.05, 0.1) is 23.9 Å². The molecular weight excluding hydrogens is 372 g/mol. The molecule has 1 aliphatic heterocycles. The number of ether oxygens (including phenoxy) is 1. The van der Waals surface area contributed by atoms with Crippen molar-refractivity contribution in [2.75, 3.05) is 18.6 Å². The second-order valence-electron chi connectivity index (χ2n) is 7.49. The molecule has 30 heavy (non-hydrogen) atoms. The van der Waals surface area contributed by atoms with Crippen molar-refractivity contribution < 1.29 is 9.53 Å². The minimum atomic E-state index is 0.0236. The van der Waals surface area contributed by atoms with Gasteiger partial charge in [0.25, 0.3) is 5.91 Å². The van der Waals surface area contributed by atoms with Gasteiger partial charge < -0.3 is 9.64 Å². The quantitative estimate of drug-likeness (QED) is 0.461. The number of fused-ring (bicyclic) bond motifs is 2. The Hall–Kier alpha value is -3.66. The summed E-state index contributed by atoms with van der Waals surface area (Å²) in [6, 6.07) is 25.7. The number of para-hydroxylation sites is 2. The molecule has 2 heterocycles. The zero-order valence-corrected chi connectivity index (χ0v) is 16.8. The zero-order chi connectivity index (χ0) is 20.5. The number of hydrogen-bond donors (Lipinski definition) is 0. The van der Waals surface area contributed by atoms with E-state index in [1.54, 1.807) is 7.11 Å². The molecular formula is C26H22N2O2. The average Bonchev–Trinajstić information content (AvgIpc) is 2.82. The van der Waals surface area contributed by atoms with Crippen LogP contribution in [0.4, 0.5) is 5.69 Å². The highest BCUT2D eigenvalue weighted by molar-refractivity contribution is 6.14. The minimum absolute atomic E-state index is 0.0236. The van der Waals surface area contributed by atoms with Crippen LogP contribution in [0.2, 0.25) is 0 Å². The molecule has 1 aromatic heterocycles. The Morgan fingerprint density at radius 2 is 1.73 bits per heavy atom. The van der Waals surface area contributed by atoms with Crippen LogP contribution in [-0.2, 0) is 6.42 Å². The van der Waals surface area contributed by atoms with Gasteiger partial charge in [-0.2, -0.15) is 0 Å². The molecule has 0 saturated heterocycles. The van der Waals surface area contributed by atoms with E-state index in [-0.39, 0.29) is 5.91 Å². The number of aromatic nitrogens is 1. The van der Waals surface area contributed by atoms with Crippen molar-refractivity contribution in [1.82, 2.24) is 4.98 Å². The number of nitrogens with zero attached hydrogens (tertiary/aromatic N) is 2. The molecule has 5 rings (SSSR count). The molecule has 0 atom stereocenters. The summed E-state index contributed by atoms with van der Waals surface area (Å²) >= 11 is 0. The molecule has 0 unspecified atom stereocenters. The van der Waals surface area contributed by atoms with Gasteiger partial charge in [0.2, 0.25) is 0 Å². The number of carbonyl (C=O) groups excluding carboxylic acids is 1. The Morgan fingerprint density at radius 3 is 2.57 bits per heavy atom. The van der Waals surface area contributed by atoms with Crippen LogP contribution in [0.15, 0.2) is 78.9 Å². The van der Waals surface area contributed by atoms with Gasteiger partial charge >= 0.3 is 0 Å².